The Bertz CT molecular complexity index is 451. The van der Waals surface area contributed by atoms with Crippen LogP contribution in [0.1, 0.15) is 39.3 Å². The highest BCUT2D eigenvalue weighted by Crippen LogP contribution is 2.16. The van der Waals surface area contributed by atoms with Crippen LogP contribution in [0.2, 0.25) is 0 Å². The third-order valence-corrected chi connectivity index (χ3v) is 3.41. The molecule has 0 bridgehead atoms. The van der Waals surface area contributed by atoms with E-state index in [0.717, 1.165) is 25.6 Å². The average Bonchev–Trinajstić information content (AvgIpc) is 2.44. The maximum atomic E-state index is 4.77. The molecule has 1 unspecified atom stereocenters. The first kappa shape index (κ1) is 18.5. The van der Waals surface area contributed by atoms with Crippen LogP contribution in [0, 0.1) is 5.41 Å². The van der Waals surface area contributed by atoms with Gasteiger partial charge in [0, 0.05) is 19.6 Å². The number of nitrogens with zero attached hydrogens (tertiary/aromatic N) is 2. The summed E-state index contributed by atoms with van der Waals surface area (Å²) in [6, 6.07) is 10.7. The minimum Gasteiger partial charge on any atom is -0.357 e. The summed E-state index contributed by atoms with van der Waals surface area (Å²) in [5.41, 5.74) is 1.42. The average molecular weight is 304 g/mol. The van der Waals surface area contributed by atoms with Gasteiger partial charge in [-0.3, -0.25) is 4.99 Å². The molecule has 1 atom stereocenters. The number of hydrogen-bond acceptors (Lipinski definition) is 2. The predicted molar refractivity (Wildman–Crippen MR) is 96.3 cm³/mol. The molecular formula is C18H32N4. The number of rotatable bonds is 7. The summed E-state index contributed by atoms with van der Waals surface area (Å²) in [6.07, 6.45) is 0. The molecule has 4 nitrogen and oxygen atoms in total. The molecule has 0 aliphatic carbocycles. The molecule has 0 saturated heterocycles. The number of aliphatic imine (C=N–C) groups is 1. The summed E-state index contributed by atoms with van der Waals surface area (Å²) < 4.78 is 0. The predicted octanol–water partition coefficient (Wildman–Crippen LogP) is 2.89. The molecule has 0 fully saturated rings. The van der Waals surface area contributed by atoms with Gasteiger partial charge in [0.1, 0.15) is 0 Å². The second-order valence-electron chi connectivity index (χ2n) is 6.87. The lowest BCUT2D eigenvalue weighted by molar-refractivity contribution is 0.248. The number of benzene rings is 1. The molecule has 1 aromatic carbocycles. The van der Waals surface area contributed by atoms with Crippen LogP contribution >= 0.6 is 0 Å². The Morgan fingerprint density at radius 1 is 1.23 bits per heavy atom. The highest BCUT2D eigenvalue weighted by molar-refractivity contribution is 5.80. The lowest BCUT2D eigenvalue weighted by atomic mass is 9.93. The van der Waals surface area contributed by atoms with Gasteiger partial charge in [0.2, 0.25) is 0 Å². The van der Waals surface area contributed by atoms with Crippen LogP contribution in [0.4, 0.5) is 0 Å². The van der Waals surface area contributed by atoms with Gasteiger partial charge in [-0.15, -0.1) is 0 Å². The Morgan fingerprint density at radius 3 is 2.41 bits per heavy atom. The summed E-state index contributed by atoms with van der Waals surface area (Å²) in [4.78, 5) is 6.98. The Kier molecular flexibility index (Phi) is 7.39. The van der Waals surface area contributed by atoms with Crippen molar-refractivity contribution in [3.63, 3.8) is 0 Å². The van der Waals surface area contributed by atoms with Crippen molar-refractivity contribution in [2.75, 3.05) is 33.7 Å². The van der Waals surface area contributed by atoms with Crippen molar-refractivity contribution in [1.82, 2.24) is 15.5 Å². The first-order valence-corrected chi connectivity index (χ1v) is 8.08. The van der Waals surface area contributed by atoms with E-state index in [1.54, 1.807) is 0 Å². The zero-order chi connectivity index (χ0) is 16.6. The van der Waals surface area contributed by atoms with Gasteiger partial charge in [-0.25, -0.2) is 0 Å². The largest absolute Gasteiger partial charge is 0.357 e. The smallest absolute Gasteiger partial charge is 0.191 e. The van der Waals surface area contributed by atoms with Gasteiger partial charge in [0.25, 0.3) is 0 Å². The third kappa shape index (κ3) is 6.94. The van der Waals surface area contributed by atoms with E-state index in [-0.39, 0.29) is 11.5 Å². The highest BCUT2D eigenvalue weighted by atomic mass is 15.2. The van der Waals surface area contributed by atoms with Gasteiger partial charge < -0.3 is 15.5 Å². The molecular weight excluding hydrogens is 272 g/mol. The van der Waals surface area contributed by atoms with Crippen molar-refractivity contribution in [2.45, 2.75) is 33.7 Å². The monoisotopic (exact) mass is 304 g/mol. The molecule has 1 aromatic rings. The molecule has 0 aliphatic rings. The fraction of sp³-hybridized carbons (Fsp3) is 0.611. The number of hydrogen-bond donors (Lipinski definition) is 2. The molecule has 124 valence electrons. The molecule has 0 saturated carbocycles. The zero-order valence-electron chi connectivity index (χ0n) is 15.0. The topological polar surface area (TPSA) is 39.7 Å². The molecule has 0 heterocycles. The van der Waals surface area contributed by atoms with E-state index in [4.69, 9.17) is 4.99 Å². The van der Waals surface area contributed by atoms with Crippen molar-refractivity contribution >= 4 is 5.96 Å². The Labute approximate surface area is 136 Å². The van der Waals surface area contributed by atoms with Crippen LogP contribution in [-0.2, 0) is 0 Å². The summed E-state index contributed by atoms with van der Waals surface area (Å²) in [7, 11) is 4.21. The zero-order valence-corrected chi connectivity index (χ0v) is 15.0. The second-order valence-corrected chi connectivity index (χ2v) is 6.87. The Morgan fingerprint density at radius 2 is 1.86 bits per heavy atom. The fourth-order valence-electron chi connectivity index (χ4n) is 2.55. The summed E-state index contributed by atoms with van der Waals surface area (Å²) in [5.74, 6) is 0.880. The van der Waals surface area contributed by atoms with E-state index in [1.165, 1.54) is 5.56 Å². The maximum absolute atomic E-state index is 4.77. The van der Waals surface area contributed by atoms with Crippen LogP contribution in [0.25, 0.3) is 0 Å². The molecule has 0 radical (unpaired) electrons. The number of nitrogens with one attached hydrogen (secondary N) is 2. The maximum Gasteiger partial charge on any atom is 0.191 e. The van der Waals surface area contributed by atoms with Gasteiger partial charge in [-0.1, -0.05) is 44.2 Å². The van der Waals surface area contributed by atoms with E-state index in [2.05, 4.69) is 81.6 Å². The van der Waals surface area contributed by atoms with Crippen molar-refractivity contribution in [3.05, 3.63) is 35.9 Å². The van der Waals surface area contributed by atoms with E-state index in [1.807, 2.05) is 6.07 Å². The second kappa shape index (κ2) is 8.79. The standard InChI is InChI=1S/C18H32N4/c1-7-19-17(20-13-18(3,4)14-22(5)6)21-15(2)16-11-9-8-10-12-16/h8-12,15H,7,13-14H2,1-6H3,(H2,19,20,21). The van der Waals surface area contributed by atoms with E-state index < -0.39 is 0 Å². The minimum absolute atomic E-state index is 0.155. The van der Waals surface area contributed by atoms with Gasteiger partial charge in [-0.05, 0) is 38.9 Å². The molecule has 0 aromatic heterocycles. The first-order valence-electron chi connectivity index (χ1n) is 8.08. The minimum atomic E-state index is 0.155. The summed E-state index contributed by atoms with van der Waals surface area (Å²) >= 11 is 0. The summed E-state index contributed by atoms with van der Waals surface area (Å²) in [5, 5.41) is 6.82. The third-order valence-electron chi connectivity index (χ3n) is 3.41. The SMILES string of the molecule is CCNC(=NCC(C)(C)CN(C)C)NC(C)c1ccccc1. The Balaban J connectivity index is 2.70. The van der Waals surface area contributed by atoms with Gasteiger partial charge in [0.15, 0.2) is 5.96 Å². The van der Waals surface area contributed by atoms with Crippen LogP contribution in [-0.4, -0.2) is 44.6 Å². The van der Waals surface area contributed by atoms with E-state index in [0.29, 0.717) is 0 Å². The molecule has 0 amide bonds. The lowest BCUT2D eigenvalue weighted by Crippen LogP contribution is -2.40. The van der Waals surface area contributed by atoms with Gasteiger partial charge in [-0.2, -0.15) is 0 Å². The van der Waals surface area contributed by atoms with Gasteiger partial charge >= 0.3 is 0 Å². The molecule has 4 heteroatoms. The summed E-state index contributed by atoms with van der Waals surface area (Å²) in [6.45, 7) is 11.4. The van der Waals surface area contributed by atoms with E-state index in [9.17, 15) is 0 Å². The molecule has 22 heavy (non-hydrogen) atoms. The molecule has 0 aliphatic heterocycles. The highest BCUT2D eigenvalue weighted by Gasteiger charge is 2.19. The molecule has 2 N–H and O–H groups in total. The van der Waals surface area contributed by atoms with Crippen molar-refractivity contribution in [2.24, 2.45) is 10.4 Å². The van der Waals surface area contributed by atoms with Gasteiger partial charge in [0.05, 0.1) is 6.04 Å². The fourth-order valence-corrected chi connectivity index (χ4v) is 2.55. The van der Waals surface area contributed by atoms with Crippen LogP contribution < -0.4 is 10.6 Å². The van der Waals surface area contributed by atoms with Crippen molar-refractivity contribution in [1.29, 1.82) is 0 Å². The van der Waals surface area contributed by atoms with Crippen molar-refractivity contribution in [3.8, 4) is 0 Å². The molecule has 0 spiro atoms. The van der Waals surface area contributed by atoms with Crippen LogP contribution in [0.5, 0.6) is 0 Å². The van der Waals surface area contributed by atoms with E-state index >= 15 is 0 Å². The number of guanidine groups is 1. The first-order chi connectivity index (χ1) is 10.3. The Hall–Kier alpha value is -1.55. The quantitative estimate of drug-likeness (QED) is 0.601. The van der Waals surface area contributed by atoms with Crippen LogP contribution in [0.15, 0.2) is 35.3 Å². The van der Waals surface area contributed by atoms with Crippen molar-refractivity contribution < 1.29 is 0 Å². The molecule has 1 rings (SSSR count). The van der Waals surface area contributed by atoms with Crippen LogP contribution in [0.3, 0.4) is 0 Å². The lowest BCUT2D eigenvalue weighted by Gasteiger charge is -2.27. The normalized spacial score (nSPS) is 14.0.